The molecule has 2 saturated heterocycles. The van der Waals surface area contributed by atoms with Crippen LogP contribution >= 0.6 is 0 Å². The molecule has 2 fully saturated rings. The van der Waals surface area contributed by atoms with Gasteiger partial charge in [0, 0.05) is 38.3 Å². The molecular formula is C19H26N6O2. The van der Waals surface area contributed by atoms with E-state index in [1.807, 2.05) is 0 Å². The lowest BCUT2D eigenvalue weighted by molar-refractivity contribution is 0.0786. The van der Waals surface area contributed by atoms with Gasteiger partial charge in [-0.15, -0.1) is 15.3 Å². The van der Waals surface area contributed by atoms with Gasteiger partial charge < -0.3 is 14.1 Å². The smallest absolute Gasteiger partial charge is 0.230 e. The number of aromatic nitrogens is 4. The van der Waals surface area contributed by atoms with Crippen LogP contribution in [0.2, 0.25) is 0 Å². The molecule has 2 aromatic rings. The normalized spacial score (nSPS) is 20.9. The zero-order valence-electron chi connectivity index (χ0n) is 15.8. The number of likely N-dealkylation sites (N-methyl/N-ethyl adjacent to an activating group) is 1. The number of aryl methyl sites for hydroxylation is 2. The average molecular weight is 370 g/mol. The van der Waals surface area contributed by atoms with Crippen molar-refractivity contribution >= 4 is 5.82 Å². The number of anilines is 1. The maximum atomic E-state index is 5.92. The van der Waals surface area contributed by atoms with Crippen LogP contribution in [-0.4, -0.2) is 64.7 Å². The average Bonchev–Trinajstić information content (AvgIpc) is 3.30. The summed E-state index contributed by atoms with van der Waals surface area (Å²) in [6.07, 6.45) is 5.36. The minimum atomic E-state index is 0.350. The fraction of sp³-hybridized carbons (Fsp3) is 0.684. The summed E-state index contributed by atoms with van der Waals surface area (Å²) in [6.45, 7) is 4.18. The number of fused-ring (bicyclic) bond motifs is 1. The number of nitrogens with zero attached hydrogens (tertiary/aromatic N) is 6. The topological polar surface area (TPSA) is 80.4 Å². The van der Waals surface area contributed by atoms with Crippen molar-refractivity contribution in [3.05, 3.63) is 29.1 Å². The summed E-state index contributed by atoms with van der Waals surface area (Å²) < 4.78 is 11.3. The number of hydrogen-bond donors (Lipinski definition) is 0. The molecule has 0 saturated carbocycles. The second kappa shape index (κ2) is 7.16. The third-order valence-corrected chi connectivity index (χ3v) is 6.05. The molecule has 0 bridgehead atoms. The van der Waals surface area contributed by atoms with Crippen LogP contribution in [0.5, 0.6) is 0 Å². The van der Waals surface area contributed by atoms with E-state index < -0.39 is 0 Å². The van der Waals surface area contributed by atoms with Gasteiger partial charge in [-0.2, -0.15) is 5.10 Å². The Morgan fingerprint density at radius 1 is 1.11 bits per heavy atom. The summed E-state index contributed by atoms with van der Waals surface area (Å²) in [5, 5.41) is 17.3. The predicted molar refractivity (Wildman–Crippen MR) is 98.6 cm³/mol. The molecule has 8 nitrogen and oxygen atoms in total. The van der Waals surface area contributed by atoms with E-state index in [1.54, 1.807) is 0 Å². The monoisotopic (exact) mass is 370 g/mol. The minimum absolute atomic E-state index is 0.350. The number of rotatable bonds is 5. The summed E-state index contributed by atoms with van der Waals surface area (Å²) in [5.41, 5.74) is 2.56. The zero-order chi connectivity index (χ0) is 18.2. The van der Waals surface area contributed by atoms with Crippen LogP contribution < -0.4 is 4.90 Å². The molecule has 0 unspecified atom stereocenters. The quantitative estimate of drug-likeness (QED) is 0.784. The van der Waals surface area contributed by atoms with E-state index in [0.717, 1.165) is 63.7 Å². The molecule has 0 aromatic carbocycles. The standard InChI is InChI=1S/C19H26N6O2/c1-24(12-18-22-23-19(27-18)13-5-7-26-8-6-13)15-10-25(11-15)17-9-14-3-2-4-16(14)20-21-17/h9,13,15H,2-8,10-12H2,1H3. The van der Waals surface area contributed by atoms with Crippen LogP contribution in [0.3, 0.4) is 0 Å². The Bertz CT molecular complexity index is 797. The van der Waals surface area contributed by atoms with Crippen molar-refractivity contribution in [1.82, 2.24) is 25.3 Å². The van der Waals surface area contributed by atoms with E-state index in [2.05, 4.69) is 43.3 Å². The highest BCUT2D eigenvalue weighted by Crippen LogP contribution is 2.28. The number of hydrogen-bond acceptors (Lipinski definition) is 8. The van der Waals surface area contributed by atoms with Gasteiger partial charge in [-0.3, -0.25) is 4.90 Å². The van der Waals surface area contributed by atoms with E-state index in [-0.39, 0.29) is 0 Å². The third kappa shape index (κ3) is 3.43. The van der Waals surface area contributed by atoms with Crippen LogP contribution in [0.25, 0.3) is 0 Å². The summed E-state index contributed by atoms with van der Waals surface area (Å²) in [5.74, 6) is 2.84. The molecular weight excluding hydrogens is 344 g/mol. The van der Waals surface area contributed by atoms with Crippen LogP contribution in [0.4, 0.5) is 5.82 Å². The van der Waals surface area contributed by atoms with E-state index in [4.69, 9.17) is 9.15 Å². The second-order valence-electron chi connectivity index (χ2n) is 7.92. The summed E-state index contributed by atoms with van der Waals surface area (Å²) in [6, 6.07) is 2.70. The van der Waals surface area contributed by atoms with Crippen molar-refractivity contribution in [3.63, 3.8) is 0 Å². The van der Waals surface area contributed by atoms with Gasteiger partial charge in [-0.05, 0) is 50.8 Å². The Balaban J connectivity index is 1.15. The number of ether oxygens (including phenoxy) is 1. The SMILES string of the molecule is CN(Cc1nnc(C2CCOCC2)o1)C1CN(c2cc3c(nn2)CCC3)C1. The highest BCUT2D eigenvalue weighted by molar-refractivity contribution is 5.45. The van der Waals surface area contributed by atoms with Gasteiger partial charge in [0.2, 0.25) is 11.8 Å². The maximum Gasteiger partial charge on any atom is 0.230 e. The van der Waals surface area contributed by atoms with Gasteiger partial charge in [0.25, 0.3) is 0 Å². The molecule has 0 radical (unpaired) electrons. The van der Waals surface area contributed by atoms with Crippen LogP contribution in [-0.2, 0) is 24.1 Å². The fourth-order valence-corrected chi connectivity index (χ4v) is 4.18. The van der Waals surface area contributed by atoms with Crippen molar-refractivity contribution in [3.8, 4) is 0 Å². The van der Waals surface area contributed by atoms with Gasteiger partial charge in [-0.1, -0.05) is 0 Å². The molecule has 1 aliphatic carbocycles. The minimum Gasteiger partial charge on any atom is -0.424 e. The second-order valence-corrected chi connectivity index (χ2v) is 7.92. The van der Waals surface area contributed by atoms with Gasteiger partial charge in [-0.25, -0.2) is 0 Å². The molecule has 4 heterocycles. The van der Waals surface area contributed by atoms with E-state index >= 15 is 0 Å². The molecule has 5 rings (SSSR count). The largest absolute Gasteiger partial charge is 0.424 e. The molecule has 2 aliphatic heterocycles. The third-order valence-electron chi connectivity index (χ3n) is 6.05. The van der Waals surface area contributed by atoms with E-state index in [9.17, 15) is 0 Å². The Hall–Kier alpha value is -2.06. The Morgan fingerprint density at radius 3 is 2.81 bits per heavy atom. The first-order chi connectivity index (χ1) is 13.3. The van der Waals surface area contributed by atoms with E-state index in [0.29, 0.717) is 24.4 Å². The molecule has 0 amide bonds. The van der Waals surface area contributed by atoms with Crippen LogP contribution in [0.1, 0.15) is 48.2 Å². The molecule has 2 aromatic heterocycles. The first-order valence-corrected chi connectivity index (χ1v) is 9.97. The van der Waals surface area contributed by atoms with Crippen molar-refractivity contribution < 1.29 is 9.15 Å². The Labute approximate surface area is 158 Å². The Kier molecular flexibility index (Phi) is 4.53. The molecule has 0 N–H and O–H groups in total. The molecule has 144 valence electrons. The first kappa shape index (κ1) is 17.1. The highest BCUT2D eigenvalue weighted by Gasteiger charge is 2.32. The van der Waals surface area contributed by atoms with Crippen molar-refractivity contribution in [1.29, 1.82) is 0 Å². The lowest BCUT2D eigenvalue weighted by atomic mass is 10.0. The van der Waals surface area contributed by atoms with Crippen molar-refractivity contribution in [2.24, 2.45) is 0 Å². The van der Waals surface area contributed by atoms with Gasteiger partial charge in [0.05, 0.1) is 12.2 Å². The molecule has 8 heteroatoms. The lowest BCUT2D eigenvalue weighted by Gasteiger charge is -2.44. The summed E-state index contributed by atoms with van der Waals surface area (Å²) in [7, 11) is 2.12. The molecule has 27 heavy (non-hydrogen) atoms. The highest BCUT2D eigenvalue weighted by atomic mass is 16.5. The van der Waals surface area contributed by atoms with Crippen molar-refractivity contribution in [2.75, 3.05) is 38.3 Å². The maximum absolute atomic E-state index is 5.92. The molecule has 0 spiro atoms. The van der Waals surface area contributed by atoms with Crippen LogP contribution in [0, 0.1) is 0 Å². The van der Waals surface area contributed by atoms with Gasteiger partial charge in [0.1, 0.15) is 0 Å². The predicted octanol–water partition coefficient (Wildman–Crippen LogP) is 1.56. The van der Waals surface area contributed by atoms with Crippen molar-refractivity contribution in [2.45, 2.75) is 50.6 Å². The molecule has 0 atom stereocenters. The van der Waals surface area contributed by atoms with Gasteiger partial charge in [0.15, 0.2) is 5.82 Å². The zero-order valence-corrected chi connectivity index (χ0v) is 15.8. The molecule has 3 aliphatic rings. The van der Waals surface area contributed by atoms with Gasteiger partial charge >= 0.3 is 0 Å². The Morgan fingerprint density at radius 2 is 1.96 bits per heavy atom. The van der Waals surface area contributed by atoms with E-state index in [1.165, 1.54) is 17.7 Å². The van der Waals surface area contributed by atoms with Crippen LogP contribution in [0.15, 0.2) is 10.5 Å². The fourth-order valence-electron chi connectivity index (χ4n) is 4.18. The first-order valence-electron chi connectivity index (χ1n) is 9.97. The summed E-state index contributed by atoms with van der Waals surface area (Å²) in [4.78, 5) is 4.59. The lowest BCUT2D eigenvalue weighted by Crippen LogP contribution is -2.58. The summed E-state index contributed by atoms with van der Waals surface area (Å²) >= 11 is 0.